The molecule has 252 valence electrons. The van der Waals surface area contributed by atoms with Gasteiger partial charge in [0.1, 0.15) is 12.7 Å². The molecule has 6 aliphatic rings. The van der Waals surface area contributed by atoms with Crippen molar-refractivity contribution in [3.05, 3.63) is 41.7 Å². The Labute approximate surface area is 271 Å². The summed E-state index contributed by atoms with van der Waals surface area (Å²) in [5.41, 5.74) is -0.931. The lowest BCUT2D eigenvalue weighted by atomic mass is 9.41. The van der Waals surface area contributed by atoms with Crippen LogP contribution >= 0.6 is 0 Å². The molecule has 10 heteroatoms. The molecule has 0 bridgehead atoms. The number of cyclic esters (lactones) is 1. The Morgan fingerprint density at radius 1 is 1.13 bits per heavy atom. The molecular formula is C36H50N2O8. The van der Waals surface area contributed by atoms with E-state index in [9.17, 15) is 20.1 Å². The van der Waals surface area contributed by atoms with Crippen molar-refractivity contribution in [2.24, 2.45) is 33.6 Å². The summed E-state index contributed by atoms with van der Waals surface area (Å²) >= 11 is 0. The minimum absolute atomic E-state index is 0.00364. The van der Waals surface area contributed by atoms with Crippen LogP contribution in [0.25, 0.3) is 0 Å². The van der Waals surface area contributed by atoms with Gasteiger partial charge >= 0.3 is 5.97 Å². The largest absolute Gasteiger partial charge is 0.458 e. The number of ether oxygens (including phenoxy) is 4. The predicted octanol–water partition coefficient (Wildman–Crippen LogP) is 3.90. The van der Waals surface area contributed by atoms with Gasteiger partial charge in [0.25, 0.3) is 0 Å². The van der Waals surface area contributed by atoms with E-state index in [2.05, 4.69) is 11.9 Å². The van der Waals surface area contributed by atoms with E-state index in [0.29, 0.717) is 51.7 Å². The third-order valence-electron chi connectivity index (χ3n) is 13.2. The molecule has 0 radical (unpaired) electrons. The van der Waals surface area contributed by atoms with Crippen molar-refractivity contribution in [3.63, 3.8) is 0 Å². The minimum atomic E-state index is -1.06. The van der Waals surface area contributed by atoms with Crippen molar-refractivity contribution in [1.29, 1.82) is 0 Å². The summed E-state index contributed by atoms with van der Waals surface area (Å²) in [5.74, 6) is -0.118. The van der Waals surface area contributed by atoms with Crippen molar-refractivity contribution in [2.45, 2.75) is 127 Å². The number of fused-ring (bicyclic) bond motifs is 5. The molecule has 0 aromatic carbocycles. The molecule has 0 spiro atoms. The molecule has 4 aliphatic carbocycles. The maximum atomic E-state index is 12.8. The van der Waals surface area contributed by atoms with Gasteiger partial charge in [0.05, 0.1) is 36.1 Å². The Kier molecular flexibility index (Phi) is 8.46. The Bertz CT molecular complexity index is 1360. The molecule has 7 rings (SSSR count). The van der Waals surface area contributed by atoms with Crippen molar-refractivity contribution < 1.29 is 39.1 Å². The quantitative estimate of drug-likeness (QED) is 0.231. The zero-order chi connectivity index (χ0) is 32.3. The maximum Gasteiger partial charge on any atom is 0.331 e. The van der Waals surface area contributed by atoms with E-state index in [1.165, 1.54) is 0 Å². The maximum absolute atomic E-state index is 12.8. The standard InChI is InChI=1S/C36H50N2O8/c1-22-32(40)29(43-3)16-31(45-22)46-25-6-11-34(21-38-19-23-5-4-14-37-18-23)27-7-10-33(2)26(24-15-30(39)44-20-24)9-13-36(33,42)28(27)8-12-35(34,41)17-25/h4-5,14-15,18,21-22,25-29,31-32,40-42H,6-13,16-17,19-20H2,1-3H3/t22-,25-,26+,27+,28+,29+,31+,32-,33-,34+,35+,36+/m1/s1. The monoisotopic (exact) mass is 638 g/mol. The Hall–Kier alpha value is -2.21. The first-order chi connectivity index (χ1) is 22.0. The highest BCUT2D eigenvalue weighted by atomic mass is 16.7. The summed E-state index contributed by atoms with van der Waals surface area (Å²) in [4.78, 5) is 21.2. The van der Waals surface area contributed by atoms with E-state index in [1.807, 2.05) is 31.5 Å². The number of aliphatic imine (C=N–C) groups is 1. The van der Waals surface area contributed by atoms with Gasteiger partial charge in [0.15, 0.2) is 6.29 Å². The number of carbonyl (C=O) groups excluding carboxylic acids is 1. The van der Waals surface area contributed by atoms with Crippen LogP contribution in [0.3, 0.4) is 0 Å². The van der Waals surface area contributed by atoms with Crippen molar-refractivity contribution >= 4 is 12.2 Å². The minimum Gasteiger partial charge on any atom is -0.458 e. The van der Waals surface area contributed by atoms with Gasteiger partial charge in [-0.05, 0) is 93.2 Å². The number of carbonyl (C=O) groups is 1. The number of methoxy groups -OCH3 is 1. The fourth-order valence-electron chi connectivity index (χ4n) is 10.8. The van der Waals surface area contributed by atoms with Crippen molar-refractivity contribution in [1.82, 2.24) is 4.98 Å². The third kappa shape index (κ3) is 5.10. The Morgan fingerprint density at radius 2 is 1.96 bits per heavy atom. The van der Waals surface area contributed by atoms with Crippen molar-refractivity contribution in [2.75, 3.05) is 13.7 Å². The van der Waals surface area contributed by atoms with Crippen LogP contribution in [0.1, 0.15) is 83.6 Å². The van der Waals surface area contributed by atoms with E-state index in [-0.39, 0.29) is 41.3 Å². The van der Waals surface area contributed by atoms with Crippen LogP contribution in [0, 0.1) is 28.6 Å². The van der Waals surface area contributed by atoms with Crippen LogP contribution in [0.2, 0.25) is 0 Å². The Morgan fingerprint density at radius 3 is 2.70 bits per heavy atom. The van der Waals surface area contributed by atoms with Crippen LogP contribution in [0.4, 0.5) is 0 Å². The zero-order valence-corrected chi connectivity index (χ0v) is 27.3. The fourth-order valence-corrected chi connectivity index (χ4v) is 10.8. The number of esters is 1. The second-order valence-electron chi connectivity index (χ2n) is 15.2. The highest BCUT2D eigenvalue weighted by molar-refractivity contribution is 5.85. The van der Waals surface area contributed by atoms with Gasteiger partial charge in [-0.25, -0.2) is 4.79 Å². The zero-order valence-electron chi connectivity index (χ0n) is 27.3. The Balaban J connectivity index is 1.17. The van der Waals surface area contributed by atoms with E-state index in [0.717, 1.165) is 36.8 Å². The number of rotatable bonds is 7. The summed E-state index contributed by atoms with van der Waals surface area (Å²) < 4.78 is 23.4. The van der Waals surface area contributed by atoms with Crippen molar-refractivity contribution in [3.8, 4) is 0 Å². The molecule has 0 amide bonds. The lowest BCUT2D eigenvalue weighted by molar-refractivity contribution is -0.284. The molecular weight excluding hydrogens is 588 g/mol. The molecule has 5 fully saturated rings. The molecule has 2 aliphatic heterocycles. The first-order valence-electron chi connectivity index (χ1n) is 17.3. The van der Waals surface area contributed by atoms with Crippen LogP contribution in [0.5, 0.6) is 0 Å². The average molecular weight is 639 g/mol. The summed E-state index contributed by atoms with van der Waals surface area (Å²) in [6.07, 6.45) is 11.8. The number of aliphatic hydroxyl groups excluding tert-OH is 1. The summed E-state index contributed by atoms with van der Waals surface area (Å²) in [6.45, 7) is 4.84. The van der Waals surface area contributed by atoms with Crippen LogP contribution in [0.15, 0.2) is 41.2 Å². The summed E-state index contributed by atoms with van der Waals surface area (Å²) in [7, 11) is 1.59. The number of hydrogen-bond acceptors (Lipinski definition) is 10. The first-order valence-corrected chi connectivity index (χ1v) is 17.3. The number of hydrogen-bond donors (Lipinski definition) is 3. The number of nitrogens with zero attached hydrogens (tertiary/aromatic N) is 2. The van der Waals surface area contributed by atoms with E-state index < -0.39 is 35.1 Å². The molecule has 46 heavy (non-hydrogen) atoms. The van der Waals surface area contributed by atoms with Gasteiger partial charge in [0, 0.05) is 55.5 Å². The average Bonchev–Trinajstić information content (AvgIpc) is 3.58. The second kappa shape index (κ2) is 12.0. The third-order valence-corrected chi connectivity index (χ3v) is 13.2. The molecule has 1 saturated heterocycles. The number of aromatic nitrogens is 1. The van der Waals surface area contributed by atoms with Gasteiger partial charge in [-0.2, -0.15) is 0 Å². The lowest BCUT2D eigenvalue weighted by Crippen LogP contribution is -2.69. The highest BCUT2D eigenvalue weighted by Crippen LogP contribution is 2.70. The SMILES string of the molecule is CO[C@H]1C[C@H](O[C@@H]2CC[C@]3(C=NCc4cccnc4)[C@H]4CC[C@]5(C)[C@H](C6=CC(=O)OC6)CC[C@]5(O)[C@H]4CC[C@]3(O)C2)O[C@H](C)[C@H]1O. The molecule has 1 aromatic rings. The molecule has 3 heterocycles. The lowest BCUT2D eigenvalue weighted by Gasteiger charge is -2.66. The van der Waals surface area contributed by atoms with Crippen LogP contribution in [-0.2, 0) is 30.3 Å². The van der Waals surface area contributed by atoms with Crippen LogP contribution in [-0.4, -0.2) is 88.1 Å². The van der Waals surface area contributed by atoms with Gasteiger partial charge in [-0.15, -0.1) is 0 Å². The topological polar surface area (TPSA) is 140 Å². The number of pyridine rings is 1. The van der Waals surface area contributed by atoms with Gasteiger partial charge < -0.3 is 34.3 Å². The molecule has 12 atom stereocenters. The highest BCUT2D eigenvalue weighted by Gasteiger charge is 2.71. The normalized spacial score (nSPS) is 47.2. The summed E-state index contributed by atoms with van der Waals surface area (Å²) in [6, 6.07) is 3.92. The van der Waals surface area contributed by atoms with Gasteiger partial charge in [0.2, 0.25) is 0 Å². The number of aliphatic hydroxyl groups is 3. The summed E-state index contributed by atoms with van der Waals surface area (Å²) in [5, 5.41) is 36.0. The molecule has 4 saturated carbocycles. The molecule has 10 nitrogen and oxygen atoms in total. The van der Waals surface area contributed by atoms with E-state index in [1.54, 1.807) is 19.4 Å². The second-order valence-corrected chi connectivity index (χ2v) is 15.2. The smallest absolute Gasteiger partial charge is 0.331 e. The fraction of sp³-hybridized carbons (Fsp3) is 0.750. The molecule has 1 aromatic heterocycles. The van der Waals surface area contributed by atoms with E-state index >= 15 is 0 Å². The van der Waals surface area contributed by atoms with Gasteiger partial charge in [-0.1, -0.05) is 13.0 Å². The van der Waals surface area contributed by atoms with E-state index in [4.69, 9.17) is 23.9 Å². The molecule has 3 N–H and O–H groups in total. The predicted molar refractivity (Wildman–Crippen MR) is 169 cm³/mol. The first kappa shape index (κ1) is 32.3. The van der Waals surface area contributed by atoms with Gasteiger partial charge in [-0.3, -0.25) is 9.98 Å². The van der Waals surface area contributed by atoms with Crippen LogP contribution < -0.4 is 0 Å². The molecule has 0 unspecified atom stereocenters.